The zero-order valence-electron chi connectivity index (χ0n) is 15.7. The Morgan fingerprint density at radius 1 is 1.07 bits per heavy atom. The molecular formula is C18H21N3O6. The lowest BCUT2D eigenvalue weighted by atomic mass is 9.83. The molecule has 0 aromatic heterocycles. The number of nitrogens with one attached hydrogen (secondary N) is 1. The van der Waals surface area contributed by atoms with Crippen molar-refractivity contribution in [2.24, 2.45) is 0 Å². The first-order chi connectivity index (χ1) is 12.4. The van der Waals surface area contributed by atoms with Gasteiger partial charge in [0.25, 0.3) is 11.4 Å². The molecule has 0 aliphatic carbocycles. The van der Waals surface area contributed by atoms with Gasteiger partial charge in [0, 0.05) is 17.3 Å². The van der Waals surface area contributed by atoms with Crippen molar-refractivity contribution >= 4 is 11.7 Å². The van der Waals surface area contributed by atoms with Crippen LogP contribution in [0.25, 0.3) is 0 Å². The smallest absolute Gasteiger partial charge is 0.337 e. The number of dihydropyridines is 1. The molecule has 144 valence electrons. The molecule has 1 aromatic rings. The molecule has 1 aliphatic heterocycles. The second-order valence-corrected chi connectivity index (χ2v) is 7.18. The molecule has 9 heteroatoms. The predicted octanol–water partition coefficient (Wildman–Crippen LogP) is 3.41. The number of esters is 1. The van der Waals surface area contributed by atoms with Crippen molar-refractivity contribution in [3.63, 3.8) is 0 Å². The molecule has 1 aliphatic rings. The van der Waals surface area contributed by atoms with E-state index in [1.165, 1.54) is 25.1 Å². The second-order valence-electron chi connectivity index (χ2n) is 7.18. The molecule has 0 radical (unpaired) electrons. The van der Waals surface area contributed by atoms with Crippen molar-refractivity contribution in [1.82, 2.24) is 5.32 Å². The van der Waals surface area contributed by atoms with E-state index in [1.54, 1.807) is 33.8 Å². The number of nitrogens with zero attached hydrogens (tertiary/aromatic N) is 2. The Balaban J connectivity index is 2.75. The van der Waals surface area contributed by atoms with Crippen LogP contribution in [0.2, 0.25) is 0 Å². The summed E-state index contributed by atoms with van der Waals surface area (Å²) in [5, 5.41) is 26.1. The first-order valence-electron chi connectivity index (χ1n) is 8.23. The first-order valence-corrected chi connectivity index (χ1v) is 8.23. The molecule has 1 unspecified atom stereocenters. The van der Waals surface area contributed by atoms with Crippen LogP contribution in [0.4, 0.5) is 5.69 Å². The van der Waals surface area contributed by atoms with Crippen LogP contribution in [-0.2, 0) is 9.53 Å². The lowest BCUT2D eigenvalue weighted by Gasteiger charge is -2.28. The second kappa shape index (κ2) is 7.18. The highest BCUT2D eigenvalue weighted by Crippen LogP contribution is 2.42. The Morgan fingerprint density at radius 2 is 1.67 bits per heavy atom. The number of benzene rings is 1. The molecule has 0 saturated carbocycles. The van der Waals surface area contributed by atoms with Gasteiger partial charge in [-0.1, -0.05) is 18.2 Å². The van der Waals surface area contributed by atoms with E-state index in [2.05, 4.69) is 5.32 Å². The summed E-state index contributed by atoms with van der Waals surface area (Å²) in [7, 11) is 0. The molecule has 0 spiro atoms. The normalized spacial score (nSPS) is 17.4. The highest BCUT2D eigenvalue weighted by molar-refractivity contribution is 5.93. The van der Waals surface area contributed by atoms with Gasteiger partial charge in [-0.05, 0) is 34.6 Å². The zero-order valence-corrected chi connectivity index (χ0v) is 15.7. The lowest BCUT2D eigenvalue weighted by molar-refractivity contribution is -0.431. The highest BCUT2D eigenvalue weighted by atomic mass is 16.6. The fourth-order valence-electron chi connectivity index (χ4n) is 3.03. The number of nitro groups is 2. The molecule has 0 saturated heterocycles. The van der Waals surface area contributed by atoms with Crippen LogP contribution in [0.15, 0.2) is 46.9 Å². The third-order valence-electron chi connectivity index (χ3n) is 3.99. The maximum absolute atomic E-state index is 12.8. The van der Waals surface area contributed by atoms with Crippen molar-refractivity contribution in [3.8, 4) is 0 Å². The summed E-state index contributed by atoms with van der Waals surface area (Å²) in [5.41, 5.74) is -0.834. The van der Waals surface area contributed by atoms with Crippen LogP contribution in [0.1, 0.15) is 46.1 Å². The summed E-state index contributed by atoms with van der Waals surface area (Å²) in [6.45, 7) is 8.10. The van der Waals surface area contributed by atoms with Crippen molar-refractivity contribution in [2.45, 2.75) is 46.1 Å². The average molecular weight is 375 g/mol. The van der Waals surface area contributed by atoms with Crippen LogP contribution in [0, 0.1) is 20.2 Å². The number of rotatable bonds is 4. The molecule has 1 heterocycles. The molecule has 9 nitrogen and oxygen atoms in total. The highest BCUT2D eigenvalue weighted by Gasteiger charge is 2.44. The summed E-state index contributed by atoms with van der Waals surface area (Å²) in [4.78, 5) is 34.8. The van der Waals surface area contributed by atoms with Gasteiger partial charge in [-0.25, -0.2) is 4.79 Å². The SMILES string of the molecule is CC1=C(C(=O)OC(C)(C)C)C(c2ccccc2[N+](=O)[O-])C([N+](=O)[O-])=C(C)N1. The fraction of sp³-hybridized carbons (Fsp3) is 0.389. The minimum atomic E-state index is -1.22. The van der Waals surface area contributed by atoms with Crippen molar-refractivity contribution in [2.75, 3.05) is 0 Å². The number of ether oxygens (including phenoxy) is 1. The van der Waals surface area contributed by atoms with Gasteiger partial charge < -0.3 is 10.1 Å². The number of nitro benzene ring substituents is 1. The number of hydrogen-bond acceptors (Lipinski definition) is 7. The van der Waals surface area contributed by atoms with E-state index in [9.17, 15) is 25.0 Å². The molecule has 1 N–H and O–H groups in total. The van der Waals surface area contributed by atoms with E-state index in [0.29, 0.717) is 5.70 Å². The molecule has 0 fully saturated rings. The van der Waals surface area contributed by atoms with Gasteiger partial charge >= 0.3 is 5.97 Å². The zero-order chi connectivity index (χ0) is 20.5. The fourth-order valence-corrected chi connectivity index (χ4v) is 3.03. The third-order valence-corrected chi connectivity index (χ3v) is 3.99. The molecule has 1 aromatic carbocycles. The summed E-state index contributed by atoms with van der Waals surface area (Å²) in [6.07, 6.45) is 0. The number of para-hydroxylation sites is 1. The van der Waals surface area contributed by atoms with Crippen molar-refractivity contribution < 1.29 is 19.4 Å². The molecule has 2 rings (SSSR count). The number of carbonyl (C=O) groups excluding carboxylic acids is 1. The molecule has 0 bridgehead atoms. The van der Waals surface area contributed by atoms with Gasteiger partial charge in [0.15, 0.2) is 0 Å². The molecule has 1 atom stereocenters. The van der Waals surface area contributed by atoms with Gasteiger partial charge in [0.05, 0.1) is 21.1 Å². The summed E-state index contributed by atoms with van der Waals surface area (Å²) in [5.74, 6) is -1.99. The van der Waals surface area contributed by atoms with E-state index in [-0.39, 0.29) is 28.2 Å². The molecule has 27 heavy (non-hydrogen) atoms. The lowest BCUT2D eigenvalue weighted by Crippen LogP contribution is -2.34. The van der Waals surface area contributed by atoms with Gasteiger partial charge in [-0.15, -0.1) is 0 Å². The molecule has 0 amide bonds. The summed E-state index contributed by atoms with van der Waals surface area (Å²) < 4.78 is 5.41. The summed E-state index contributed by atoms with van der Waals surface area (Å²) >= 11 is 0. The van der Waals surface area contributed by atoms with Crippen LogP contribution >= 0.6 is 0 Å². The minimum Gasteiger partial charge on any atom is -0.457 e. The van der Waals surface area contributed by atoms with Crippen molar-refractivity contribution in [1.29, 1.82) is 0 Å². The van der Waals surface area contributed by atoms with E-state index in [4.69, 9.17) is 4.74 Å². The van der Waals surface area contributed by atoms with Gasteiger partial charge in [0.2, 0.25) is 0 Å². The first kappa shape index (κ1) is 20.1. The Bertz CT molecular complexity index is 879. The van der Waals surface area contributed by atoms with Gasteiger partial charge in [-0.3, -0.25) is 20.2 Å². The number of hydrogen-bond donors (Lipinski definition) is 1. The Kier molecular flexibility index (Phi) is 5.34. The van der Waals surface area contributed by atoms with Gasteiger partial charge in [0.1, 0.15) is 11.5 Å². The van der Waals surface area contributed by atoms with Crippen LogP contribution < -0.4 is 5.32 Å². The van der Waals surface area contributed by atoms with Crippen LogP contribution in [0.5, 0.6) is 0 Å². The summed E-state index contributed by atoms with van der Waals surface area (Å²) in [6, 6.07) is 5.68. The van der Waals surface area contributed by atoms with Crippen LogP contribution in [-0.4, -0.2) is 21.4 Å². The maximum Gasteiger partial charge on any atom is 0.337 e. The predicted molar refractivity (Wildman–Crippen MR) is 97.2 cm³/mol. The minimum absolute atomic E-state index is 0.0171. The topological polar surface area (TPSA) is 125 Å². The maximum atomic E-state index is 12.8. The monoisotopic (exact) mass is 375 g/mol. The standard InChI is InChI=1S/C18H21N3O6/c1-10-14(17(22)27-18(3,4)5)15(16(21(25)26)11(2)19-10)12-8-6-7-9-13(12)20(23)24/h6-9,15,19H,1-5H3. The Morgan fingerprint density at radius 3 is 2.19 bits per heavy atom. The van der Waals surface area contributed by atoms with E-state index >= 15 is 0 Å². The quantitative estimate of drug-likeness (QED) is 0.485. The largest absolute Gasteiger partial charge is 0.457 e. The number of carbonyl (C=O) groups is 1. The Hall–Kier alpha value is -3.23. The van der Waals surface area contributed by atoms with E-state index in [0.717, 1.165) is 0 Å². The van der Waals surface area contributed by atoms with Crippen molar-refractivity contribution in [3.05, 3.63) is 72.7 Å². The van der Waals surface area contributed by atoms with Gasteiger partial charge in [-0.2, -0.15) is 0 Å². The van der Waals surface area contributed by atoms with E-state index in [1.807, 2.05) is 0 Å². The van der Waals surface area contributed by atoms with E-state index < -0.39 is 27.3 Å². The Labute approximate surface area is 156 Å². The number of allylic oxidation sites excluding steroid dienone is 3. The van der Waals surface area contributed by atoms with Crippen LogP contribution in [0.3, 0.4) is 0 Å². The average Bonchev–Trinajstić information content (AvgIpc) is 2.51. The third kappa shape index (κ3) is 4.13. The molecular weight excluding hydrogens is 354 g/mol.